The van der Waals surface area contributed by atoms with Crippen LogP contribution in [0, 0.1) is 5.82 Å². The molecule has 2 aromatic rings. The molecule has 1 aliphatic rings. The Kier molecular flexibility index (Phi) is 7.80. The standard InChI is InChI=1S/C22H26FN3O5/c1-30-20-12-15(2-3-16(20)4-7-21(27)25-29)14-24-22(28)18-13-17(23)5-6-19(18)26-8-10-31-11-9-26/h2-3,5-6,12-13,29H,4,7-11,14H2,1H3,(H,24,28)(H,25,27). The van der Waals surface area contributed by atoms with Crippen molar-refractivity contribution < 1.29 is 28.7 Å². The van der Waals surface area contributed by atoms with Gasteiger partial charge in [0.1, 0.15) is 11.6 Å². The molecule has 31 heavy (non-hydrogen) atoms. The van der Waals surface area contributed by atoms with E-state index in [4.69, 9.17) is 14.7 Å². The molecule has 1 heterocycles. The summed E-state index contributed by atoms with van der Waals surface area (Å²) in [5.41, 5.74) is 4.16. The van der Waals surface area contributed by atoms with E-state index in [9.17, 15) is 14.0 Å². The Hall–Kier alpha value is -3.17. The first kappa shape index (κ1) is 22.5. The molecule has 1 fully saturated rings. The number of anilines is 1. The van der Waals surface area contributed by atoms with E-state index in [1.54, 1.807) is 17.6 Å². The van der Waals surface area contributed by atoms with Crippen LogP contribution < -0.4 is 20.4 Å². The summed E-state index contributed by atoms with van der Waals surface area (Å²) >= 11 is 0. The number of carbonyl (C=O) groups excluding carboxylic acids is 2. The molecule has 2 aromatic carbocycles. The van der Waals surface area contributed by atoms with Gasteiger partial charge in [-0.05, 0) is 41.8 Å². The fraction of sp³-hybridized carbons (Fsp3) is 0.364. The van der Waals surface area contributed by atoms with Gasteiger partial charge in [-0.25, -0.2) is 9.87 Å². The van der Waals surface area contributed by atoms with Crippen LogP contribution in [-0.2, 0) is 22.5 Å². The van der Waals surface area contributed by atoms with Crippen LogP contribution in [0.2, 0.25) is 0 Å². The lowest BCUT2D eigenvalue weighted by atomic mass is 10.0. The van der Waals surface area contributed by atoms with Crippen LogP contribution in [0.15, 0.2) is 36.4 Å². The van der Waals surface area contributed by atoms with Gasteiger partial charge in [0.15, 0.2) is 0 Å². The van der Waals surface area contributed by atoms with Gasteiger partial charge in [-0.2, -0.15) is 0 Å². The summed E-state index contributed by atoms with van der Waals surface area (Å²) in [6.45, 7) is 2.62. The average molecular weight is 431 g/mol. The summed E-state index contributed by atoms with van der Waals surface area (Å²) in [6.07, 6.45) is 0.515. The Labute approximate surface area is 179 Å². The van der Waals surface area contributed by atoms with E-state index >= 15 is 0 Å². The van der Waals surface area contributed by atoms with Crippen LogP contribution in [-0.4, -0.2) is 50.4 Å². The maximum Gasteiger partial charge on any atom is 0.253 e. The first-order chi connectivity index (χ1) is 15.0. The molecule has 2 amide bonds. The number of benzene rings is 2. The van der Waals surface area contributed by atoms with Gasteiger partial charge >= 0.3 is 0 Å². The van der Waals surface area contributed by atoms with Gasteiger partial charge in [-0.1, -0.05) is 12.1 Å². The summed E-state index contributed by atoms with van der Waals surface area (Å²) in [7, 11) is 1.52. The molecule has 0 unspecified atom stereocenters. The lowest BCUT2D eigenvalue weighted by Crippen LogP contribution is -2.38. The smallest absolute Gasteiger partial charge is 0.253 e. The topological polar surface area (TPSA) is 100 Å². The minimum Gasteiger partial charge on any atom is -0.496 e. The zero-order chi connectivity index (χ0) is 22.2. The number of amides is 2. The highest BCUT2D eigenvalue weighted by Crippen LogP contribution is 2.24. The third kappa shape index (κ3) is 5.93. The number of hydrogen-bond acceptors (Lipinski definition) is 6. The lowest BCUT2D eigenvalue weighted by molar-refractivity contribution is -0.129. The predicted molar refractivity (Wildman–Crippen MR) is 112 cm³/mol. The monoisotopic (exact) mass is 431 g/mol. The third-order valence-corrected chi connectivity index (χ3v) is 5.11. The zero-order valence-electron chi connectivity index (χ0n) is 17.3. The van der Waals surface area contributed by atoms with Crippen molar-refractivity contribution in [1.29, 1.82) is 0 Å². The Balaban J connectivity index is 1.69. The van der Waals surface area contributed by atoms with Crippen LogP contribution in [0.1, 0.15) is 27.9 Å². The number of nitrogens with zero attached hydrogens (tertiary/aromatic N) is 1. The summed E-state index contributed by atoms with van der Waals surface area (Å²) in [4.78, 5) is 26.1. The molecule has 0 aliphatic carbocycles. The van der Waals surface area contributed by atoms with E-state index in [0.29, 0.717) is 44.2 Å². The molecule has 1 aliphatic heterocycles. The lowest BCUT2D eigenvalue weighted by Gasteiger charge is -2.30. The zero-order valence-corrected chi connectivity index (χ0v) is 17.3. The van der Waals surface area contributed by atoms with E-state index in [-0.39, 0.29) is 24.4 Å². The Morgan fingerprint density at radius 3 is 2.68 bits per heavy atom. The van der Waals surface area contributed by atoms with Gasteiger partial charge in [0.2, 0.25) is 5.91 Å². The van der Waals surface area contributed by atoms with Crippen molar-refractivity contribution in [2.45, 2.75) is 19.4 Å². The highest BCUT2D eigenvalue weighted by Gasteiger charge is 2.19. The Morgan fingerprint density at radius 2 is 1.97 bits per heavy atom. The van der Waals surface area contributed by atoms with Crippen molar-refractivity contribution >= 4 is 17.5 Å². The number of morpholine rings is 1. The molecule has 3 N–H and O–H groups in total. The van der Waals surface area contributed by atoms with Crippen molar-refractivity contribution in [1.82, 2.24) is 10.8 Å². The van der Waals surface area contributed by atoms with Gasteiger partial charge in [0.05, 0.1) is 25.9 Å². The van der Waals surface area contributed by atoms with Crippen molar-refractivity contribution in [2.24, 2.45) is 0 Å². The molecule has 1 saturated heterocycles. The van der Waals surface area contributed by atoms with E-state index in [1.165, 1.54) is 19.2 Å². The number of carbonyl (C=O) groups is 2. The van der Waals surface area contributed by atoms with Gasteiger partial charge in [0, 0.05) is 31.7 Å². The van der Waals surface area contributed by atoms with Crippen LogP contribution >= 0.6 is 0 Å². The minimum absolute atomic E-state index is 0.118. The molecule has 166 valence electrons. The predicted octanol–water partition coefficient (Wildman–Crippen LogP) is 2.04. The molecule has 3 rings (SSSR count). The second-order valence-electron chi connectivity index (χ2n) is 7.12. The molecule has 9 heteroatoms. The van der Waals surface area contributed by atoms with Gasteiger partial charge in [0.25, 0.3) is 5.91 Å². The summed E-state index contributed by atoms with van der Waals surface area (Å²) in [6, 6.07) is 9.63. The fourth-order valence-corrected chi connectivity index (χ4v) is 3.46. The van der Waals surface area contributed by atoms with Crippen molar-refractivity contribution in [3.63, 3.8) is 0 Å². The summed E-state index contributed by atoms with van der Waals surface area (Å²) in [5, 5.41) is 11.5. The number of aryl methyl sites for hydroxylation is 1. The SMILES string of the molecule is COc1cc(CNC(=O)c2cc(F)ccc2N2CCOCC2)ccc1CCC(=O)NO. The molecule has 0 aromatic heterocycles. The van der Waals surface area contributed by atoms with E-state index < -0.39 is 11.7 Å². The van der Waals surface area contributed by atoms with E-state index in [1.807, 2.05) is 17.0 Å². The van der Waals surface area contributed by atoms with Gasteiger partial charge in [-0.15, -0.1) is 0 Å². The highest BCUT2D eigenvalue weighted by atomic mass is 19.1. The van der Waals surface area contributed by atoms with Gasteiger partial charge in [-0.3, -0.25) is 14.8 Å². The molecule has 0 radical (unpaired) electrons. The molecule has 0 bridgehead atoms. The van der Waals surface area contributed by atoms with Crippen LogP contribution in [0.4, 0.5) is 10.1 Å². The van der Waals surface area contributed by atoms with E-state index in [0.717, 1.165) is 11.1 Å². The number of ether oxygens (including phenoxy) is 2. The second kappa shape index (κ2) is 10.7. The molecular weight excluding hydrogens is 405 g/mol. The quantitative estimate of drug-likeness (QED) is 0.437. The number of methoxy groups -OCH3 is 1. The second-order valence-corrected chi connectivity index (χ2v) is 7.12. The first-order valence-corrected chi connectivity index (χ1v) is 10.0. The first-order valence-electron chi connectivity index (χ1n) is 10.0. The number of halogens is 1. The third-order valence-electron chi connectivity index (χ3n) is 5.11. The number of hydroxylamine groups is 1. The minimum atomic E-state index is -0.482. The molecule has 0 atom stereocenters. The van der Waals surface area contributed by atoms with Crippen LogP contribution in [0.25, 0.3) is 0 Å². The number of hydrogen-bond donors (Lipinski definition) is 3. The largest absolute Gasteiger partial charge is 0.496 e. The van der Waals surface area contributed by atoms with Crippen molar-refractivity contribution in [3.05, 3.63) is 58.9 Å². The normalized spacial score (nSPS) is 13.6. The Morgan fingerprint density at radius 1 is 1.19 bits per heavy atom. The molecule has 8 nitrogen and oxygen atoms in total. The summed E-state index contributed by atoms with van der Waals surface area (Å²) in [5.74, 6) is -0.745. The Bertz CT molecular complexity index is 931. The maximum absolute atomic E-state index is 13.9. The van der Waals surface area contributed by atoms with Crippen LogP contribution in [0.3, 0.4) is 0 Å². The average Bonchev–Trinajstić information content (AvgIpc) is 2.81. The molecular formula is C22H26FN3O5. The fourth-order valence-electron chi connectivity index (χ4n) is 3.46. The highest BCUT2D eigenvalue weighted by molar-refractivity contribution is 5.99. The number of rotatable bonds is 8. The number of nitrogens with one attached hydrogen (secondary N) is 2. The van der Waals surface area contributed by atoms with E-state index in [2.05, 4.69) is 5.32 Å². The summed E-state index contributed by atoms with van der Waals surface area (Å²) < 4.78 is 24.6. The molecule has 0 saturated carbocycles. The maximum atomic E-state index is 13.9. The van der Waals surface area contributed by atoms with Crippen LogP contribution in [0.5, 0.6) is 5.75 Å². The van der Waals surface area contributed by atoms with Crippen molar-refractivity contribution in [3.8, 4) is 5.75 Å². The van der Waals surface area contributed by atoms with Gasteiger partial charge < -0.3 is 19.7 Å². The van der Waals surface area contributed by atoms with Crippen molar-refractivity contribution in [2.75, 3.05) is 38.3 Å². The molecule has 0 spiro atoms.